The predicted octanol–water partition coefficient (Wildman–Crippen LogP) is 1.97. The monoisotopic (exact) mass is 220 g/mol. The lowest BCUT2D eigenvalue weighted by Gasteiger charge is -2.09. The number of carboxylic acids is 2. The van der Waals surface area contributed by atoms with Gasteiger partial charge in [0.25, 0.3) is 0 Å². The van der Waals surface area contributed by atoms with Crippen LogP contribution in [0.15, 0.2) is 30.3 Å². The third kappa shape index (κ3) is 2.95. The minimum Gasteiger partial charge on any atom is -0.481 e. The Bertz CT molecular complexity index is 434. The van der Waals surface area contributed by atoms with Crippen molar-refractivity contribution in [1.82, 2.24) is 0 Å². The molecule has 0 bridgehead atoms. The van der Waals surface area contributed by atoms with Gasteiger partial charge in [-0.15, -0.1) is 0 Å². The first kappa shape index (κ1) is 12.0. The van der Waals surface area contributed by atoms with Gasteiger partial charge in [0.2, 0.25) is 0 Å². The lowest BCUT2D eigenvalue weighted by Crippen LogP contribution is -2.08. The lowest BCUT2D eigenvalue weighted by molar-refractivity contribution is -0.138. The second-order valence-electron chi connectivity index (χ2n) is 3.36. The lowest BCUT2D eigenvalue weighted by atomic mass is 9.95. The van der Waals surface area contributed by atoms with Gasteiger partial charge in [0.15, 0.2) is 0 Å². The van der Waals surface area contributed by atoms with Gasteiger partial charge in [-0.1, -0.05) is 24.3 Å². The van der Waals surface area contributed by atoms with Crippen molar-refractivity contribution in [3.63, 3.8) is 0 Å². The molecule has 0 aliphatic heterocycles. The highest BCUT2D eigenvalue weighted by atomic mass is 16.4. The van der Waals surface area contributed by atoms with E-state index in [1.54, 1.807) is 31.2 Å². The maximum absolute atomic E-state index is 10.8. The molecule has 4 nitrogen and oxygen atoms in total. The maximum Gasteiger partial charge on any atom is 0.328 e. The van der Waals surface area contributed by atoms with Crippen LogP contribution in [-0.2, 0) is 9.59 Å². The van der Waals surface area contributed by atoms with E-state index in [0.717, 1.165) is 6.08 Å². The third-order valence-electron chi connectivity index (χ3n) is 2.24. The Kier molecular flexibility index (Phi) is 3.83. The summed E-state index contributed by atoms with van der Waals surface area (Å²) in [6.07, 6.45) is 2.39. The fourth-order valence-electron chi connectivity index (χ4n) is 1.35. The number of hydrogen-bond acceptors (Lipinski definition) is 2. The summed E-state index contributed by atoms with van der Waals surface area (Å²) >= 11 is 0. The first-order valence-corrected chi connectivity index (χ1v) is 4.75. The van der Waals surface area contributed by atoms with Crippen molar-refractivity contribution in [3.05, 3.63) is 41.5 Å². The van der Waals surface area contributed by atoms with Gasteiger partial charge in [-0.3, -0.25) is 4.79 Å². The predicted molar refractivity (Wildman–Crippen MR) is 59.2 cm³/mol. The van der Waals surface area contributed by atoms with E-state index in [1.165, 1.54) is 6.08 Å². The highest BCUT2D eigenvalue weighted by Gasteiger charge is 2.15. The number of carboxylic acid groups (broad SMARTS) is 2. The highest BCUT2D eigenvalue weighted by Crippen LogP contribution is 2.21. The zero-order valence-corrected chi connectivity index (χ0v) is 8.75. The van der Waals surface area contributed by atoms with Crippen LogP contribution in [0, 0.1) is 0 Å². The van der Waals surface area contributed by atoms with Crippen LogP contribution in [0.4, 0.5) is 0 Å². The van der Waals surface area contributed by atoms with Crippen LogP contribution in [0.5, 0.6) is 0 Å². The summed E-state index contributed by atoms with van der Waals surface area (Å²) in [5.41, 5.74) is 1.22. The summed E-state index contributed by atoms with van der Waals surface area (Å²) in [7, 11) is 0. The number of rotatable bonds is 4. The molecule has 4 heteroatoms. The first-order valence-electron chi connectivity index (χ1n) is 4.75. The molecule has 0 aliphatic carbocycles. The summed E-state index contributed by atoms with van der Waals surface area (Å²) in [6.45, 7) is 1.57. The minimum atomic E-state index is -1.06. The molecule has 0 aliphatic rings. The quantitative estimate of drug-likeness (QED) is 0.761. The molecule has 0 saturated heterocycles. The maximum atomic E-state index is 10.8. The zero-order valence-electron chi connectivity index (χ0n) is 8.75. The van der Waals surface area contributed by atoms with Crippen LogP contribution >= 0.6 is 0 Å². The van der Waals surface area contributed by atoms with E-state index in [9.17, 15) is 9.59 Å². The average molecular weight is 220 g/mol. The summed E-state index contributed by atoms with van der Waals surface area (Å²) < 4.78 is 0. The molecule has 0 heterocycles. The Morgan fingerprint density at radius 1 is 1.25 bits per heavy atom. The summed E-state index contributed by atoms with van der Waals surface area (Å²) in [5, 5.41) is 17.4. The van der Waals surface area contributed by atoms with Crippen LogP contribution < -0.4 is 0 Å². The largest absolute Gasteiger partial charge is 0.481 e. The van der Waals surface area contributed by atoms with Gasteiger partial charge < -0.3 is 10.2 Å². The molecule has 0 radical (unpaired) electrons. The molecule has 1 unspecified atom stereocenters. The average Bonchev–Trinajstić information content (AvgIpc) is 2.25. The topological polar surface area (TPSA) is 74.6 Å². The Morgan fingerprint density at radius 3 is 2.44 bits per heavy atom. The van der Waals surface area contributed by atoms with Crippen molar-refractivity contribution >= 4 is 18.0 Å². The van der Waals surface area contributed by atoms with E-state index in [2.05, 4.69) is 0 Å². The van der Waals surface area contributed by atoms with Crippen LogP contribution in [0.2, 0.25) is 0 Å². The van der Waals surface area contributed by atoms with Crippen molar-refractivity contribution in [2.75, 3.05) is 0 Å². The fourth-order valence-corrected chi connectivity index (χ4v) is 1.35. The standard InChI is InChI=1S/C12H12O4/c1-8(12(15)16)10-5-3-2-4-9(10)6-7-11(13)14/h2-8H,1H3,(H,13,14)(H,15,16). The molecule has 16 heavy (non-hydrogen) atoms. The fraction of sp³-hybridized carbons (Fsp3) is 0.167. The van der Waals surface area contributed by atoms with E-state index in [1.807, 2.05) is 0 Å². The van der Waals surface area contributed by atoms with Crippen molar-refractivity contribution in [2.24, 2.45) is 0 Å². The normalized spacial score (nSPS) is 12.6. The molecule has 0 amide bonds. The van der Waals surface area contributed by atoms with Gasteiger partial charge in [-0.2, -0.15) is 0 Å². The Hall–Kier alpha value is -2.10. The van der Waals surface area contributed by atoms with E-state index in [-0.39, 0.29) is 0 Å². The summed E-state index contributed by atoms with van der Waals surface area (Å²) in [4.78, 5) is 21.2. The van der Waals surface area contributed by atoms with Gasteiger partial charge >= 0.3 is 11.9 Å². The van der Waals surface area contributed by atoms with E-state index in [0.29, 0.717) is 11.1 Å². The zero-order chi connectivity index (χ0) is 12.1. The van der Waals surface area contributed by atoms with Crippen molar-refractivity contribution in [1.29, 1.82) is 0 Å². The SMILES string of the molecule is CC(C(=O)O)c1ccccc1C=CC(=O)O. The van der Waals surface area contributed by atoms with E-state index >= 15 is 0 Å². The van der Waals surface area contributed by atoms with Gasteiger partial charge in [0.05, 0.1) is 5.92 Å². The summed E-state index contributed by atoms with van der Waals surface area (Å²) in [5.74, 6) is -2.65. The van der Waals surface area contributed by atoms with Gasteiger partial charge in [-0.25, -0.2) is 4.79 Å². The van der Waals surface area contributed by atoms with Gasteiger partial charge in [0, 0.05) is 6.08 Å². The molecule has 2 N–H and O–H groups in total. The number of aliphatic carboxylic acids is 2. The van der Waals surface area contributed by atoms with Gasteiger partial charge in [-0.05, 0) is 24.1 Å². The van der Waals surface area contributed by atoms with E-state index in [4.69, 9.17) is 10.2 Å². The molecular weight excluding hydrogens is 208 g/mol. The molecule has 1 atom stereocenters. The van der Waals surface area contributed by atoms with Crippen molar-refractivity contribution < 1.29 is 19.8 Å². The second-order valence-corrected chi connectivity index (χ2v) is 3.36. The Balaban J connectivity index is 3.10. The van der Waals surface area contributed by atoms with Crippen LogP contribution in [0.25, 0.3) is 6.08 Å². The molecule has 0 fully saturated rings. The highest BCUT2D eigenvalue weighted by molar-refractivity contribution is 5.86. The molecule has 0 spiro atoms. The molecule has 1 rings (SSSR count). The van der Waals surface area contributed by atoms with Crippen molar-refractivity contribution in [3.8, 4) is 0 Å². The van der Waals surface area contributed by atoms with E-state index < -0.39 is 17.9 Å². The van der Waals surface area contributed by atoms with Crippen LogP contribution in [0.1, 0.15) is 24.0 Å². The molecule has 84 valence electrons. The number of benzene rings is 1. The molecular formula is C12H12O4. The number of carbonyl (C=O) groups is 2. The second kappa shape index (κ2) is 5.11. The van der Waals surface area contributed by atoms with Crippen molar-refractivity contribution in [2.45, 2.75) is 12.8 Å². The Morgan fingerprint density at radius 2 is 1.88 bits per heavy atom. The smallest absolute Gasteiger partial charge is 0.328 e. The van der Waals surface area contributed by atoms with Gasteiger partial charge in [0.1, 0.15) is 0 Å². The molecule has 0 saturated carbocycles. The molecule has 1 aromatic carbocycles. The van der Waals surface area contributed by atoms with Crippen LogP contribution in [-0.4, -0.2) is 22.2 Å². The third-order valence-corrected chi connectivity index (χ3v) is 2.24. The summed E-state index contributed by atoms with van der Waals surface area (Å²) in [6, 6.07) is 6.83. The first-order chi connectivity index (χ1) is 7.52. The number of hydrogen-bond donors (Lipinski definition) is 2. The molecule has 1 aromatic rings. The minimum absolute atomic E-state index is 0.604. The van der Waals surface area contributed by atoms with Crippen LogP contribution in [0.3, 0.4) is 0 Å². The molecule has 0 aromatic heterocycles. The Labute approximate surface area is 92.8 Å².